The highest BCUT2D eigenvalue weighted by Crippen LogP contribution is 2.19. The van der Waals surface area contributed by atoms with E-state index in [0.29, 0.717) is 23.5 Å². The Morgan fingerprint density at radius 1 is 0.931 bits per heavy atom. The number of hydrogen-bond acceptors (Lipinski definition) is 4. The molecule has 3 rings (SSSR count). The van der Waals surface area contributed by atoms with Crippen LogP contribution < -0.4 is 9.57 Å². The van der Waals surface area contributed by atoms with Crippen molar-refractivity contribution in [1.29, 1.82) is 0 Å². The molecule has 0 amide bonds. The van der Waals surface area contributed by atoms with Crippen molar-refractivity contribution in [1.82, 2.24) is 4.83 Å². The molecule has 0 bridgehead atoms. The van der Waals surface area contributed by atoms with E-state index in [2.05, 4.69) is 9.93 Å². The van der Waals surface area contributed by atoms with Gasteiger partial charge in [0.2, 0.25) is 0 Å². The molecule has 0 aromatic heterocycles. The lowest BCUT2D eigenvalue weighted by Gasteiger charge is -2.10. The first-order valence-corrected chi connectivity index (χ1v) is 10.7. The van der Waals surface area contributed by atoms with Gasteiger partial charge in [-0.3, -0.25) is 0 Å². The van der Waals surface area contributed by atoms with Crippen molar-refractivity contribution in [2.45, 2.75) is 32.3 Å². The summed E-state index contributed by atoms with van der Waals surface area (Å²) in [4.78, 5) is 2.49. The van der Waals surface area contributed by atoms with Crippen LogP contribution in [0.2, 0.25) is 0 Å². The summed E-state index contributed by atoms with van der Waals surface area (Å²) in [5, 5.41) is 3.94. The molecule has 0 heterocycles. The van der Waals surface area contributed by atoms with Crippen molar-refractivity contribution in [2.75, 3.05) is 0 Å². The van der Waals surface area contributed by atoms with Gasteiger partial charge in [0.1, 0.15) is 12.4 Å². The molecule has 0 unspecified atom stereocenters. The molecular weight excluding hydrogens is 384 g/mol. The Morgan fingerprint density at radius 2 is 1.62 bits per heavy atom. The van der Waals surface area contributed by atoms with E-state index >= 15 is 0 Å². The van der Waals surface area contributed by atoms with E-state index in [1.165, 1.54) is 11.8 Å². The van der Waals surface area contributed by atoms with Crippen LogP contribution in [0.4, 0.5) is 0 Å². The Labute approximate surface area is 172 Å². The van der Waals surface area contributed by atoms with E-state index in [1.54, 1.807) is 19.1 Å². The van der Waals surface area contributed by atoms with Gasteiger partial charge in [-0.05, 0) is 50.1 Å². The van der Waals surface area contributed by atoms with E-state index in [1.807, 2.05) is 68.4 Å². The summed E-state index contributed by atoms with van der Waals surface area (Å²) in [6, 6.07) is 20.6. The summed E-state index contributed by atoms with van der Waals surface area (Å²) >= 11 is 0. The van der Waals surface area contributed by atoms with Crippen molar-refractivity contribution >= 4 is 16.2 Å². The molecule has 0 aliphatic carbocycles. The monoisotopic (exact) mass is 408 g/mol. The van der Waals surface area contributed by atoms with E-state index < -0.39 is 10.0 Å². The summed E-state index contributed by atoms with van der Waals surface area (Å²) in [5.74, 6) is 0.627. The largest absolute Gasteiger partial charge is 0.488 e. The molecule has 0 radical (unpaired) electrons. The van der Waals surface area contributed by atoms with Gasteiger partial charge in [-0.2, -0.15) is 13.5 Å². The predicted molar refractivity (Wildman–Crippen MR) is 116 cm³/mol. The highest BCUT2D eigenvalue weighted by molar-refractivity contribution is 7.89. The number of hydrazone groups is 1. The number of nitrogens with one attached hydrogen (secondary N) is 1. The average Bonchev–Trinajstić information content (AvgIpc) is 2.68. The molecule has 0 atom stereocenters. The van der Waals surface area contributed by atoms with Crippen LogP contribution in [0.15, 0.2) is 76.7 Å². The highest BCUT2D eigenvalue weighted by atomic mass is 32.2. The van der Waals surface area contributed by atoms with Gasteiger partial charge in [-0.1, -0.05) is 59.7 Å². The van der Waals surface area contributed by atoms with Gasteiger partial charge in [-0.25, -0.2) is 4.83 Å². The van der Waals surface area contributed by atoms with Gasteiger partial charge in [0.25, 0.3) is 10.0 Å². The second-order valence-corrected chi connectivity index (χ2v) is 8.56. The van der Waals surface area contributed by atoms with Crippen LogP contribution in [0.25, 0.3) is 0 Å². The molecule has 1 N–H and O–H groups in total. The zero-order chi connectivity index (χ0) is 20.9. The maximum atomic E-state index is 12.5. The molecule has 0 aliphatic heterocycles. The standard InChI is InChI=1S/C23H24N2O3S/c1-17-8-11-20(12-9-17)16-28-22-7-5-4-6-21(22)15-24-25-29(26,27)23-13-10-18(2)14-19(23)3/h4-15,25H,16H2,1-3H3/b24-15+. The van der Waals surface area contributed by atoms with Crippen LogP contribution in [0, 0.1) is 20.8 Å². The Kier molecular flexibility index (Phi) is 6.34. The second kappa shape index (κ2) is 8.92. The summed E-state index contributed by atoms with van der Waals surface area (Å²) in [6.45, 7) is 6.14. The van der Waals surface area contributed by atoms with Gasteiger partial charge in [0.15, 0.2) is 0 Å². The molecule has 0 saturated heterocycles. The van der Waals surface area contributed by atoms with Gasteiger partial charge < -0.3 is 4.74 Å². The zero-order valence-corrected chi connectivity index (χ0v) is 17.5. The predicted octanol–water partition coefficient (Wildman–Crippen LogP) is 4.50. The topological polar surface area (TPSA) is 67.8 Å². The molecule has 5 nitrogen and oxygen atoms in total. The fraction of sp³-hybridized carbons (Fsp3) is 0.174. The van der Waals surface area contributed by atoms with Crippen LogP contribution in [0.1, 0.15) is 27.8 Å². The third-order valence-electron chi connectivity index (χ3n) is 4.43. The first kappa shape index (κ1) is 20.6. The molecule has 0 saturated carbocycles. The minimum Gasteiger partial charge on any atom is -0.488 e. The minimum atomic E-state index is -3.74. The van der Waals surface area contributed by atoms with Gasteiger partial charge in [0.05, 0.1) is 11.1 Å². The maximum Gasteiger partial charge on any atom is 0.276 e. The third kappa shape index (κ3) is 5.45. The Morgan fingerprint density at radius 3 is 2.34 bits per heavy atom. The normalized spacial score (nSPS) is 11.6. The summed E-state index contributed by atoms with van der Waals surface area (Å²) in [6.07, 6.45) is 1.45. The lowest BCUT2D eigenvalue weighted by molar-refractivity contribution is 0.306. The van der Waals surface area contributed by atoms with Gasteiger partial charge in [0, 0.05) is 5.56 Å². The quantitative estimate of drug-likeness (QED) is 0.462. The van der Waals surface area contributed by atoms with E-state index in [-0.39, 0.29) is 4.90 Å². The molecule has 29 heavy (non-hydrogen) atoms. The maximum absolute atomic E-state index is 12.5. The van der Waals surface area contributed by atoms with Crippen molar-refractivity contribution in [3.63, 3.8) is 0 Å². The molecule has 3 aromatic rings. The van der Waals surface area contributed by atoms with Crippen LogP contribution in [0.3, 0.4) is 0 Å². The SMILES string of the molecule is Cc1ccc(COc2ccccc2/C=N/NS(=O)(=O)c2ccc(C)cc2C)cc1. The van der Waals surface area contributed by atoms with E-state index in [4.69, 9.17) is 4.74 Å². The van der Waals surface area contributed by atoms with Crippen LogP contribution in [0.5, 0.6) is 5.75 Å². The van der Waals surface area contributed by atoms with Gasteiger partial charge >= 0.3 is 0 Å². The first-order chi connectivity index (χ1) is 13.8. The van der Waals surface area contributed by atoms with Crippen LogP contribution in [-0.2, 0) is 16.6 Å². The lowest BCUT2D eigenvalue weighted by atomic mass is 10.1. The average molecular weight is 409 g/mol. The third-order valence-corrected chi connectivity index (χ3v) is 5.81. The summed E-state index contributed by atoms with van der Waals surface area (Å²) < 4.78 is 30.9. The van der Waals surface area contributed by atoms with Crippen LogP contribution >= 0.6 is 0 Å². The number of rotatable bonds is 7. The summed E-state index contributed by atoms with van der Waals surface area (Å²) in [5.41, 5.74) is 4.61. The fourth-order valence-corrected chi connectivity index (χ4v) is 3.90. The Balaban J connectivity index is 1.71. The smallest absolute Gasteiger partial charge is 0.276 e. The highest BCUT2D eigenvalue weighted by Gasteiger charge is 2.15. The zero-order valence-electron chi connectivity index (χ0n) is 16.7. The summed E-state index contributed by atoms with van der Waals surface area (Å²) in [7, 11) is -3.74. The lowest BCUT2D eigenvalue weighted by Crippen LogP contribution is -2.19. The number of sulfonamides is 1. The van der Waals surface area contributed by atoms with Gasteiger partial charge in [-0.15, -0.1) is 0 Å². The molecular formula is C23H24N2O3S. The molecule has 6 heteroatoms. The number of ether oxygens (including phenoxy) is 1. The number of benzene rings is 3. The second-order valence-electron chi connectivity index (χ2n) is 6.93. The molecule has 3 aromatic carbocycles. The fourth-order valence-electron chi connectivity index (χ4n) is 2.88. The molecule has 0 spiro atoms. The van der Waals surface area contributed by atoms with E-state index in [9.17, 15) is 8.42 Å². The van der Waals surface area contributed by atoms with Crippen molar-refractivity contribution < 1.29 is 13.2 Å². The first-order valence-electron chi connectivity index (χ1n) is 9.25. The van der Waals surface area contributed by atoms with E-state index in [0.717, 1.165) is 11.1 Å². The number of nitrogens with zero attached hydrogens (tertiary/aromatic N) is 1. The number of aryl methyl sites for hydroxylation is 3. The minimum absolute atomic E-state index is 0.212. The Hall–Kier alpha value is -3.12. The molecule has 0 fully saturated rings. The van der Waals surface area contributed by atoms with Crippen LogP contribution in [-0.4, -0.2) is 14.6 Å². The van der Waals surface area contributed by atoms with Crippen molar-refractivity contribution in [3.05, 3.63) is 94.5 Å². The number of para-hydroxylation sites is 1. The Bertz CT molecular complexity index is 1120. The van der Waals surface area contributed by atoms with Crippen molar-refractivity contribution in [2.24, 2.45) is 5.10 Å². The van der Waals surface area contributed by atoms with Crippen molar-refractivity contribution in [3.8, 4) is 5.75 Å². The number of hydrogen-bond donors (Lipinski definition) is 1. The molecule has 150 valence electrons. The molecule has 0 aliphatic rings.